The number of aliphatic hydroxyl groups is 1. The molecule has 1 aromatic rings. The molecule has 0 spiro atoms. The smallest absolute Gasteiger partial charge is 0.273 e. The monoisotopic (exact) mass is 339 g/mol. The Labute approximate surface area is 146 Å². The molecule has 25 heavy (non-hydrogen) atoms. The van der Waals surface area contributed by atoms with Crippen molar-refractivity contribution in [1.82, 2.24) is 5.32 Å². The average Bonchev–Trinajstić information content (AvgIpc) is 3.17. The standard InChI is InChI=1S/C20H21NO4/c22-17-11-10-15(18(23)14-8-2-1-3-9-14)19-20(17,24)25-12-16(21-19)13-6-4-5-7-13/h1-3,8-11,13,16,21,24H,4-7,12H2. The molecule has 5 heteroatoms. The first-order valence-corrected chi connectivity index (χ1v) is 8.79. The number of carbonyl (C=O) groups excluding carboxylic acids is 2. The average molecular weight is 339 g/mol. The lowest BCUT2D eigenvalue weighted by Crippen LogP contribution is -2.59. The molecule has 1 saturated heterocycles. The van der Waals surface area contributed by atoms with Crippen molar-refractivity contribution in [1.29, 1.82) is 0 Å². The predicted octanol–water partition coefficient (Wildman–Crippen LogP) is 2.13. The fourth-order valence-corrected chi connectivity index (χ4v) is 3.97. The van der Waals surface area contributed by atoms with E-state index in [1.807, 2.05) is 6.07 Å². The number of carbonyl (C=O) groups is 2. The largest absolute Gasteiger partial charge is 0.378 e. The van der Waals surface area contributed by atoms with Crippen LogP contribution in [-0.4, -0.2) is 35.1 Å². The number of ether oxygens (including phenoxy) is 1. The molecule has 130 valence electrons. The number of fused-ring (bicyclic) bond motifs is 1. The molecule has 3 aliphatic rings. The van der Waals surface area contributed by atoms with E-state index in [-0.39, 0.29) is 29.7 Å². The number of allylic oxidation sites excluding steroid dienone is 2. The van der Waals surface area contributed by atoms with Crippen molar-refractivity contribution >= 4 is 11.6 Å². The normalized spacial score (nSPS) is 29.5. The Balaban J connectivity index is 1.72. The maximum Gasteiger partial charge on any atom is 0.273 e. The summed E-state index contributed by atoms with van der Waals surface area (Å²) >= 11 is 0. The van der Waals surface area contributed by atoms with E-state index in [1.54, 1.807) is 24.3 Å². The van der Waals surface area contributed by atoms with Crippen LogP contribution in [0, 0.1) is 5.92 Å². The summed E-state index contributed by atoms with van der Waals surface area (Å²) in [4.78, 5) is 25.1. The second-order valence-corrected chi connectivity index (χ2v) is 6.93. The minimum atomic E-state index is -2.08. The van der Waals surface area contributed by atoms with Gasteiger partial charge >= 0.3 is 0 Å². The third-order valence-electron chi connectivity index (χ3n) is 5.39. The zero-order chi connectivity index (χ0) is 17.4. The van der Waals surface area contributed by atoms with Crippen LogP contribution >= 0.6 is 0 Å². The van der Waals surface area contributed by atoms with Crippen LogP contribution in [0.3, 0.4) is 0 Å². The van der Waals surface area contributed by atoms with Crippen LogP contribution < -0.4 is 5.32 Å². The highest BCUT2D eigenvalue weighted by molar-refractivity contribution is 6.14. The van der Waals surface area contributed by atoms with Gasteiger partial charge in [0.1, 0.15) is 0 Å². The summed E-state index contributed by atoms with van der Waals surface area (Å²) in [6, 6.07) is 8.86. The summed E-state index contributed by atoms with van der Waals surface area (Å²) in [5, 5.41) is 14.1. The minimum Gasteiger partial charge on any atom is -0.378 e. The van der Waals surface area contributed by atoms with Gasteiger partial charge in [0.25, 0.3) is 5.79 Å². The number of benzene rings is 1. The van der Waals surface area contributed by atoms with Crippen molar-refractivity contribution in [2.45, 2.75) is 37.5 Å². The zero-order valence-corrected chi connectivity index (χ0v) is 13.9. The number of Topliss-reactive ketones (excluding diaryl/α,β-unsaturated/α-hetero) is 1. The molecule has 1 heterocycles. The third kappa shape index (κ3) is 2.73. The summed E-state index contributed by atoms with van der Waals surface area (Å²) < 4.78 is 5.61. The molecule has 2 aliphatic carbocycles. The Bertz CT molecular complexity index is 761. The van der Waals surface area contributed by atoms with Crippen LogP contribution in [0.5, 0.6) is 0 Å². The topological polar surface area (TPSA) is 75.6 Å². The van der Waals surface area contributed by atoms with E-state index in [1.165, 1.54) is 25.0 Å². The number of hydrogen-bond acceptors (Lipinski definition) is 5. The molecule has 2 atom stereocenters. The summed E-state index contributed by atoms with van der Waals surface area (Å²) in [5.74, 6) is -2.43. The molecule has 0 radical (unpaired) electrons. The molecule has 1 aliphatic heterocycles. The summed E-state index contributed by atoms with van der Waals surface area (Å²) in [5.41, 5.74) is 0.990. The van der Waals surface area contributed by atoms with Gasteiger partial charge < -0.3 is 15.2 Å². The van der Waals surface area contributed by atoms with E-state index < -0.39 is 11.6 Å². The first-order valence-electron chi connectivity index (χ1n) is 8.79. The lowest BCUT2D eigenvalue weighted by Gasteiger charge is -2.42. The fourth-order valence-electron chi connectivity index (χ4n) is 3.97. The van der Waals surface area contributed by atoms with E-state index in [4.69, 9.17) is 4.74 Å². The van der Waals surface area contributed by atoms with Gasteiger partial charge in [0, 0.05) is 11.1 Å². The molecular formula is C20H21NO4. The van der Waals surface area contributed by atoms with Crippen LogP contribution in [0.2, 0.25) is 0 Å². The van der Waals surface area contributed by atoms with Crippen molar-refractivity contribution in [3.63, 3.8) is 0 Å². The SMILES string of the molecule is O=C(C1=C2NC(C3CCCC3)COC2(O)C(=O)C=C1)c1ccccc1. The molecule has 0 aromatic heterocycles. The molecule has 2 unspecified atom stereocenters. The van der Waals surface area contributed by atoms with Gasteiger partial charge in [-0.1, -0.05) is 43.2 Å². The van der Waals surface area contributed by atoms with Crippen LogP contribution in [0.25, 0.3) is 0 Å². The van der Waals surface area contributed by atoms with Crippen molar-refractivity contribution in [3.05, 3.63) is 59.3 Å². The van der Waals surface area contributed by atoms with Gasteiger partial charge in [-0.3, -0.25) is 9.59 Å². The molecule has 2 N–H and O–H groups in total. The van der Waals surface area contributed by atoms with Gasteiger partial charge in [-0.05, 0) is 30.9 Å². The van der Waals surface area contributed by atoms with Gasteiger partial charge in [0.05, 0.1) is 18.3 Å². The van der Waals surface area contributed by atoms with E-state index in [9.17, 15) is 14.7 Å². The van der Waals surface area contributed by atoms with Gasteiger partial charge in [-0.2, -0.15) is 0 Å². The van der Waals surface area contributed by atoms with Crippen molar-refractivity contribution in [2.75, 3.05) is 6.61 Å². The molecule has 0 bridgehead atoms. The molecule has 4 rings (SSSR count). The third-order valence-corrected chi connectivity index (χ3v) is 5.39. The van der Waals surface area contributed by atoms with Crippen LogP contribution in [0.1, 0.15) is 36.0 Å². The Morgan fingerprint density at radius 3 is 2.60 bits per heavy atom. The summed E-state index contributed by atoms with van der Waals surface area (Å²) in [7, 11) is 0. The zero-order valence-electron chi connectivity index (χ0n) is 13.9. The maximum atomic E-state index is 12.9. The number of rotatable bonds is 3. The van der Waals surface area contributed by atoms with Gasteiger partial charge in [-0.25, -0.2) is 0 Å². The number of morpholine rings is 1. The molecule has 5 nitrogen and oxygen atoms in total. The number of ketones is 2. The Hall–Kier alpha value is -2.24. The summed E-state index contributed by atoms with van der Waals surface area (Å²) in [6.45, 7) is 0.261. The highest BCUT2D eigenvalue weighted by Gasteiger charge is 2.49. The first-order chi connectivity index (χ1) is 12.1. The molecule has 1 aromatic carbocycles. The van der Waals surface area contributed by atoms with Crippen molar-refractivity contribution < 1.29 is 19.4 Å². The molecule has 0 amide bonds. The van der Waals surface area contributed by atoms with Gasteiger partial charge in [0.15, 0.2) is 5.78 Å². The maximum absolute atomic E-state index is 12.9. The Kier molecular flexibility index (Phi) is 4.06. The van der Waals surface area contributed by atoms with E-state index in [2.05, 4.69) is 5.32 Å². The predicted molar refractivity (Wildman–Crippen MR) is 91.7 cm³/mol. The molecular weight excluding hydrogens is 318 g/mol. The van der Waals surface area contributed by atoms with Crippen LogP contribution in [0.15, 0.2) is 53.8 Å². The first kappa shape index (κ1) is 16.2. The minimum absolute atomic E-state index is 0.00986. The lowest BCUT2D eigenvalue weighted by molar-refractivity contribution is -0.200. The fraction of sp³-hybridized carbons (Fsp3) is 0.400. The lowest BCUT2D eigenvalue weighted by atomic mass is 9.87. The quantitative estimate of drug-likeness (QED) is 0.825. The molecule has 1 saturated carbocycles. The Morgan fingerprint density at radius 2 is 1.88 bits per heavy atom. The highest BCUT2D eigenvalue weighted by Crippen LogP contribution is 2.36. The number of nitrogens with one attached hydrogen (secondary N) is 1. The van der Waals surface area contributed by atoms with E-state index in [0.717, 1.165) is 12.8 Å². The van der Waals surface area contributed by atoms with Crippen molar-refractivity contribution in [3.8, 4) is 0 Å². The van der Waals surface area contributed by atoms with Crippen molar-refractivity contribution in [2.24, 2.45) is 5.92 Å². The Morgan fingerprint density at radius 1 is 1.16 bits per heavy atom. The van der Waals surface area contributed by atoms with Gasteiger partial charge in [-0.15, -0.1) is 0 Å². The summed E-state index contributed by atoms with van der Waals surface area (Å²) in [6.07, 6.45) is 7.25. The van der Waals surface area contributed by atoms with E-state index >= 15 is 0 Å². The second-order valence-electron chi connectivity index (χ2n) is 6.93. The second kappa shape index (κ2) is 6.24. The van der Waals surface area contributed by atoms with E-state index in [0.29, 0.717) is 11.5 Å². The number of hydrogen-bond donors (Lipinski definition) is 2. The van der Waals surface area contributed by atoms with Gasteiger partial charge in [0.2, 0.25) is 5.78 Å². The van der Waals surface area contributed by atoms with Crippen LogP contribution in [0.4, 0.5) is 0 Å². The molecule has 2 fully saturated rings. The highest BCUT2D eigenvalue weighted by atomic mass is 16.6. The van der Waals surface area contributed by atoms with Crippen LogP contribution in [-0.2, 0) is 9.53 Å².